The number of carbonyl (C=O) groups excluding carboxylic acids is 2. The first kappa shape index (κ1) is 14.5. The predicted molar refractivity (Wildman–Crippen MR) is 82.6 cm³/mol. The van der Waals surface area contributed by atoms with Crippen molar-refractivity contribution < 1.29 is 19.4 Å². The van der Waals surface area contributed by atoms with Crippen molar-refractivity contribution in [2.45, 2.75) is 31.7 Å². The average Bonchev–Trinajstić information content (AvgIpc) is 2.94. The summed E-state index contributed by atoms with van der Waals surface area (Å²) in [6.45, 7) is 2.73. The lowest BCUT2D eigenvalue weighted by molar-refractivity contribution is -0.148. The lowest BCUT2D eigenvalue weighted by atomic mass is 9.74. The van der Waals surface area contributed by atoms with Gasteiger partial charge in [0.05, 0.1) is 18.6 Å². The monoisotopic (exact) mass is 315 g/mol. The lowest BCUT2D eigenvalue weighted by Gasteiger charge is -2.44. The quantitative estimate of drug-likeness (QED) is 0.803. The van der Waals surface area contributed by atoms with Crippen LogP contribution in [0.1, 0.15) is 30.9 Å². The highest BCUT2D eigenvalue weighted by Crippen LogP contribution is 2.61. The van der Waals surface area contributed by atoms with Crippen molar-refractivity contribution in [3.63, 3.8) is 0 Å². The summed E-state index contributed by atoms with van der Waals surface area (Å²) in [5.74, 6) is 0.0667. The van der Waals surface area contributed by atoms with Gasteiger partial charge in [0, 0.05) is 18.9 Å². The summed E-state index contributed by atoms with van der Waals surface area (Å²) in [7, 11) is 1.42. The Labute approximate surface area is 135 Å². The average molecular weight is 315 g/mol. The zero-order valence-corrected chi connectivity index (χ0v) is 13.4. The number of ether oxygens (including phenoxy) is 1. The number of benzene rings is 1. The number of esters is 1. The van der Waals surface area contributed by atoms with Crippen LogP contribution in [0.2, 0.25) is 0 Å². The van der Waals surface area contributed by atoms with Gasteiger partial charge < -0.3 is 14.7 Å². The molecule has 4 atom stereocenters. The van der Waals surface area contributed by atoms with E-state index >= 15 is 0 Å². The van der Waals surface area contributed by atoms with Crippen LogP contribution in [0.3, 0.4) is 0 Å². The molecule has 1 aliphatic carbocycles. The molecule has 5 heteroatoms. The standard InChI is InChI=1S/C18H21NO4/c1-10-9-18-13-4-3-12(20)7-11(13)5-6-19(18)15(21)8-14(18)16(10)17(22)23-2/h3-4,7,10,14,16,20H,5-6,8-9H2,1-2H3/t10-,14?,16+,18-/m0/s1. The number of amides is 1. The van der Waals surface area contributed by atoms with Crippen LogP contribution in [-0.2, 0) is 26.3 Å². The maximum atomic E-state index is 12.6. The molecule has 1 saturated heterocycles. The van der Waals surface area contributed by atoms with Crippen LogP contribution in [0.25, 0.3) is 0 Å². The van der Waals surface area contributed by atoms with Gasteiger partial charge in [0.25, 0.3) is 0 Å². The van der Waals surface area contributed by atoms with Crippen molar-refractivity contribution >= 4 is 11.9 Å². The molecule has 2 aliphatic heterocycles. The minimum Gasteiger partial charge on any atom is -0.508 e. The number of phenols is 1. The second kappa shape index (κ2) is 4.73. The minimum absolute atomic E-state index is 0.0407. The highest BCUT2D eigenvalue weighted by atomic mass is 16.5. The van der Waals surface area contributed by atoms with Gasteiger partial charge in [-0.2, -0.15) is 0 Å². The van der Waals surface area contributed by atoms with Gasteiger partial charge >= 0.3 is 5.97 Å². The number of methoxy groups -OCH3 is 1. The molecule has 2 fully saturated rings. The van der Waals surface area contributed by atoms with E-state index in [1.165, 1.54) is 7.11 Å². The molecule has 2 heterocycles. The number of aromatic hydroxyl groups is 1. The Hall–Kier alpha value is -2.04. The first-order chi connectivity index (χ1) is 11.0. The van der Waals surface area contributed by atoms with Crippen molar-refractivity contribution in [3.8, 4) is 5.75 Å². The molecule has 1 aromatic rings. The van der Waals surface area contributed by atoms with Crippen LogP contribution in [0.15, 0.2) is 18.2 Å². The van der Waals surface area contributed by atoms with Crippen molar-refractivity contribution in [1.82, 2.24) is 4.90 Å². The van der Waals surface area contributed by atoms with E-state index in [-0.39, 0.29) is 35.4 Å². The van der Waals surface area contributed by atoms with E-state index in [2.05, 4.69) is 6.92 Å². The van der Waals surface area contributed by atoms with Crippen LogP contribution in [-0.4, -0.2) is 35.5 Å². The fraction of sp³-hybridized carbons (Fsp3) is 0.556. The molecule has 1 unspecified atom stereocenters. The molecule has 1 saturated carbocycles. The van der Waals surface area contributed by atoms with Crippen LogP contribution < -0.4 is 0 Å². The van der Waals surface area contributed by atoms with Gasteiger partial charge in [-0.1, -0.05) is 13.0 Å². The second-order valence-electron chi connectivity index (χ2n) is 7.10. The number of nitrogens with zero attached hydrogens (tertiary/aromatic N) is 1. The second-order valence-corrected chi connectivity index (χ2v) is 7.10. The van der Waals surface area contributed by atoms with Gasteiger partial charge in [-0.3, -0.25) is 9.59 Å². The van der Waals surface area contributed by atoms with Crippen molar-refractivity contribution in [3.05, 3.63) is 29.3 Å². The molecule has 1 aromatic carbocycles. The molecular weight excluding hydrogens is 294 g/mol. The third-order valence-electron chi connectivity index (χ3n) is 6.10. The number of phenolic OH excluding ortho intramolecular Hbond substituents is 1. The van der Waals surface area contributed by atoms with E-state index in [9.17, 15) is 14.7 Å². The Kier molecular flexibility index (Phi) is 2.99. The van der Waals surface area contributed by atoms with E-state index < -0.39 is 5.54 Å². The highest BCUT2D eigenvalue weighted by molar-refractivity contribution is 5.85. The topological polar surface area (TPSA) is 66.8 Å². The van der Waals surface area contributed by atoms with Gasteiger partial charge in [-0.15, -0.1) is 0 Å². The number of fused-ring (bicyclic) bond motifs is 1. The molecule has 0 aromatic heterocycles. The van der Waals surface area contributed by atoms with Gasteiger partial charge in [-0.05, 0) is 42.0 Å². The summed E-state index contributed by atoms with van der Waals surface area (Å²) < 4.78 is 5.02. The largest absolute Gasteiger partial charge is 0.508 e. The molecule has 0 radical (unpaired) electrons. The molecule has 1 spiro atoms. The van der Waals surface area contributed by atoms with E-state index in [0.29, 0.717) is 13.0 Å². The number of rotatable bonds is 1. The summed E-state index contributed by atoms with van der Waals surface area (Å²) in [5.41, 5.74) is 1.80. The summed E-state index contributed by atoms with van der Waals surface area (Å²) >= 11 is 0. The maximum Gasteiger partial charge on any atom is 0.309 e. The van der Waals surface area contributed by atoms with Crippen molar-refractivity contribution in [2.75, 3.05) is 13.7 Å². The number of carbonyl (C=O) groups is 2. The molecule has 1 N–H and O–H groups in total. The van der Waals surface area contributed by atoms with E-state index in [0.717, 1.165) is 24.0 Å². The van der Waals surface area contributed by atoms with Gasteiger partial charge in [0.15, 0.2) is 0 Å². The van der Waals surface area contributed by atoms with E-state index in [1.54, 1.807) is 12.1 Å². The zero-order chi connectivity index (χ0) is 16.4. The summed E-state index contributed by atoms with van der Waals surface area (Å²) in [5, 5.41) is 9.79. The fourth-order valence-electron chi connectivity index (χ4n) is 5.34. The van der Waals surface area contributed by atoms with Crippen LogP contribution in [0.5, 0.6) is 5.75 Å². The zero-order valence-electron chi connectivity index (χ0n) is 13.4. The number of hydrogen-bond acceptors (Lipinski definition) is 4. The Morgan fingerprint density at radius 1 is 1.43 bits per heavy atom. The van der Waals surface area contributed by atoms with Gasteiger partial charge in [0.2, 0.25) is 5.91 Å². The highest BCUT2D eigenvalue weighted by Gasteiger charge is 2.65. The summed E-state index contributed by atoms with van der Waals surface area (Å²) in [4.78, 5) is 26.9. The van der Waals surface area contributed by atoms with Crippen molar-refractivity contribution in [2.24, 2.45) is 17.8 Å². The summed E-state index contributed by atoms with van der Waals surface area (Å²) in [6.07, 6.45) is 1.94. The minimum atomic E-state index is -0.406. The van der Waals surface area contributed by atoms with Crippen LogP contribution in [0.4, 0.5) is 0 Å². The molecule has 122 valence electrons. The Morgan fingerprint density at radius 2 is 2.22 bits per heavy atom. The third-order valence-corrected chi connectivity index (χ3v) is 6.10. The number of hydrogen-bond donors (Lipinski definition) is 1. The predicted octanol–water partition coefficient (Wildman–Crippen LogP) is 1.82. The molecule has 5 nitrogen and oxygen atoms in total. The first-order valence-electron chi connectivity index (χ1n) is 8.19. The van der Waals surface area contributed by atoms with E-state index in [4.69, 9.17) is 4.74 Å². The van der Waals surface area contributed by atoms with Crippen LogP contribution in [0, 0.1) is 17.8 Å². The molecule has 23 heavy (non-hydrogen) atoms. The third kappa shape index (κ3) is 1.73. The molecule has 4 rings (SSSR count). The molecule has 1 amide bonds. The Morgan fingerprint density at radius 3 is 2.96 bits per heavy atom. The fourth-order valence-corrected chi connectivity index (χ4v) is 5.34. The lowest BCUT2D eigenvalue weighted by Crippen LogP contribution is -2.49. The van der Waals surface area contributed by atoms with Gasteiger partial charge in [0.1, 0.15) is 5.75 Å². The summed E-state index contributed by atoms with van der Waals surface area (Å²) in [6, 6.07) is 5.43. The maximum absolute atomic E-state index is 12.6. The van der Waals surface area contributed by atoms with Gasteiger partial charge in [-0.25, -0.2) is 0 Å². The first-order valence-corrected chi connectivity index (χ1v) is 8.19. The Balaban J connectivity index is 1.89. The Bertz CT molecular complexity index is 700. The van der Waals surface area contributed by atoms with Crippen molar-refractivity contribution in [1.29, 1.82) is 0 Å². The van der Waals surface area contributed by atoms with Crippen LogP contribution >= 0.6 is 0 Å². The normalized spacial score (nSPS) is 34.8. The molecule has 3 aliphatic rings. The molecule has 0 bridgehead atoms. The molecular formula is C18H21NO4. The smallest absolute Gasteiger partial charge is 0.309 e. The van der Waals surface area contributed by atoms with E-state index in [1.807, 2.05) is 11.0 Å². The SMILES string of the molecule is COC(=O)[C@H]1C2CC(=O)N3CCc4cc(O)ccc4[C@@]23C[C@@H]1C.